The summed E-state index contributed by atoms with van der Waals surface area (Å²) in [5.41, 5.74) is 5.15. The fourth-order valence-electron chi connectivity index (χ4n) is 2.93. The van der Waals surface area contributed by atoms with Crippen LogP contribution in [0.1, 0.15) is 28.8 Å². The fraction of sp³-hybridized carbons (Fsp3) is 0.211. The molecule has 0 radical (unpaired) electrons. The number of carbonyl (C=O) groups is 1. The molecule has 3 aromatic rings. The second kappa shape index (κ2) is 4.59. The maximum absolute atomic E-state index is 12.8. The number of carbonyl (C=O) groups excluding carboxylic acids is 1. The smallest absolute Gasteiger partial charge is 0.168 e. The number of aryl methyl sites for hydroxylation is 1. The number of H-pyrrole nitrogens is 1. The summed E-state index contributed by atoms with van der Waals surface area (Å²) < 4.78 is 0. The minimum Gasteiger partial charge on any atom is -0.354 e. The molecule has 2 nitrogen and oxygen atoms in total. The lowest BCUT2D eigenvalue weighted by molar-refractivity contribution is 0.0970. The molecule has 0 aliphatic heterocycles. The topological polar surface area (TPSA) is 32.9 Å². The summed E-state index contributed by atoms with van der Waals surface area (Å²) in [6, 6.07) is 16.4. The Balaban J connectivity index is 2.01. The molecule has 0 unspecified atom stereocenters. The van der Waals surface area contributed by atoms with E-state index in [9.17, 15) is 4.79 Å². The van der Waals surface area contributed by atoms with Crippen molar-refractivity contribution >= 4 is 16.7 Å². The van der Waals surface area contributed by atoms with Gasteiger partial charge in [0.05, 0.1) is 11.3 Å². The van der Waals surface area contributed by atoms with Gasteiger partial charge in [0.25, 0.3) is 0 Å². The Hall–Kier alpha value is -2.35. The van der Waals surface area contributed by atoms with E-state index in [1.807, 2.05) is 18.2 Å². The van der Waals surface area contributed by atoms with E-state index in [-0.39, 0.29) is 5.92 Å². The predicted octanol–water partition coefficient (Wildman–Crippen LogP) is 4.74. The molecule has 0 atom stereocenters. The zero-order chi connectivity index (χ0) is 14.4. The van der Waals surface area contributed by atoms with Crippen LogP contribution in [0.2, 0.25) is 0 Å². The fourth-order valence-corrected chi connectivity index (χ4v) is 2.93. The summed E-state index contributed by atoms with van der Waals surface area (Å²) in [5, 5.41) is 1.06. The first-order valence-electron chi connectivity index (χ1n) is 7.46. The minimum atomic E-state index is 0.229. The van der Waals surface area contributed by atoms with Crippen molar-refractivity contribution in [3.63, 3.8) is 0 Å². The average Bonchev–Trinajstić information content (AvgIpc) is 3.28. The van der Waals surface area contributed by atoms with Crippen molar-refractivity contribution < 1.29 is 4.79 Å². The van der Waals surface area contributed by atoms with Crippen LogP contribution in [0.25, 0.3) is 22.2 Å². The lowest BCUT2D eigenvalue weighted by atomic mass is 9.98. The molecule has 1 aromatic heterocycles. The van der Waals surface area contributed by atoms with Crippen LogP contribution in [-0.2, 0) is 0 Å². The van der Waals surface area contributed by atoms with Crippen LogP contribution in [0.15, 0.2) is 48.5 Å². The maximum atomic E-state index is 12.8. The van der Waals surface area contributed by atoms with Gasteiger partial charge < -0.3 is 4.98 Å². The molecule has 1 N–H and O–H groups in total. The van der Waals surface area contributed by atoms with E-state index in [1.165, 1.54) is 5.56 Å². The van der Waals surface area contributed by atoms with Crippen LogP contribution in [0, 0.1) is 12.8 Å². The number of hydrogen-bond acceptors (Lipinski definition) is 1. The first kappa shape index (κ1) is 12.4. The molecular formula is C19H17NO. The van der Waals surface area contributed by atoms with Crippen LogP contribution in [-0.4, -0.2) is 10.8 Å². The molecule has 1 heterocycles. The number of Topliss-reactive ketones (excluding diaryl/α,β-unsaturated/α-hetero) is 1. The quantitative estimate of drug-likeness (QED) is 0.688. The second-order valence-electron chi connectivity index (χ2n) is 5.93. The Morgan fingerprint density at radius 1 is 1.10 bits per heavy atom. The number of benzene rings is 2. The standard InChI is InChI=1S/C19H17NO/c1-12-7-10-16-15(11-12)17(19(21)14-8-9-14)18(20-16)13-5-3-2-4-6-13/h2-7,10-11,14,20H,8-9H2,1H3. The van der Waals surface area contributed by atoms with Crippen molar-refractivity contribution in [1.29, 1.82) is 0 Å². The molecule has 1 fully saturated rings. The van der Waals surface area contributed by atoms with Gasteiger partial charge in [0.2, 0.25) is 0 Å². The first-order chi connectivity index (χ1) is 10.2. The number of rotatable bonds is 3. The Morgan fingerprint density at radius 3 is 2.57 bits per heavy atom. The van der Waals surface area contributed by atoms with E-state index >= 15 is 0 Å². The number of aromatic amines is 1. The molecule has 21 heavy (non-hydrogen) atoms. The summed E-state index contributed by atoms with van der Waals surface area (Å²) in [6.07, 6.45) is 2.07. The molecule has 0 bridgehead atoms. The van der Waals surface area contributed by atoms with Crippen molar-refractivity contribution in [3.8, 4) is 11.3 Å². The zero-order valence-electron chi connectivity index (χ0n) is 12.0. The second-order valence-corrected chi connectivity index (χ2v) is 5.93. The van der Waals surface area contributed by atoms with Gasteiger partial charge in [-0.1, -0.05) is 42.0 Å². The van der Waals surface area contributed by atoms with Crippen LogP contribution < -0.4 is 0 Å². The van der Waals surface area contributed by atoms with Crippen LogP contribution in [0.4, 0.5) is 0 Å². The van der Waals surface area contributed by atoms with Gasteiger partial charge in [0.1, 0.15) is 0 Å². The zero-order valence-corrected chi connectivity index (χ0v) is 12.0. The van der Waals surface area contributed by atoms with Crippen molar-refractivity contribution in [1.82, 2.24) is 4.98 Å². The molecule has 1 aliphatic carbocycles. The van der Waals surface area contributed by atoms with Crippen LogP contribution >= 0.6 is 0 Å². The molecule has 1 aliphatic rings. The first-order valence-corrected chi connectivity index (χ1v) is 7.46. The van der Waals surface area contributed by atoms with Crippen molar-refractivity contribution in [2.24, 2.45) is 5.92 Å². The number of fused-ring (bicyclic) bond motifs is 1. The van der Waals surface area contributed by atoms with Gasteiger partial charge in [0, 0.05) is 16.8 Å². The molecular weight excluding hydrogens is 258 g/mol. The highest BCUT2D eigenvalue weighted by atomic mass is 16.1. The van der Waals surface area contributed by atoms with E-state index in [0.29, 0.717) is 5.78 Å². The molecule has 104 valence electrons. The van der Waals surface area contributed by atoms with Crippen molar-refractivity contribution in [2.75, 3.05) is 0 Å². The number of aromatic nitrogens is 1. The van der Waals surface area contributed by atoms with Gasteiger partial charge in [-0.3, -0.25) is 4.79 Å². The van der Waals surface area contributed by atoms with Gasteiger partial charge >= 0.3 is 0 Å². The molecule has 0 spiro atoms. The molecule has 0 amide bonds. The monoisotopic (exact) mass is 275 g/mol. The van der Waals surface area contributed by atoms with Crippen LogP contribution in [0.3, 0.4) is 0 Å². The molecule has 0 saturated heterocycles. The molecule has 1 saturated carbocycles. The van der Waals surface area contributed by atoms with Crippen molar-refractivity contribution in [3.05, 3.63) is 59.7 Å². The SMILES string of the molecule is Cc1ccc2[nH]c(-c3ccccc3)c(C(=O)C3CC3)c2c1. The lowest BCUT2D eigenvalue weighted by Gasteiger charge is -2.04. The van der Waals surface area contributed by atoms with Gasteiger partial charge in [-0.05, 0) is 37.5 Å². The third-order valence-electron chi connectivity index (χ3n) is 4.21. The Morgan fingerprint density at radius 2 is 1.86 bits per heavy atom. The predicted molar refractivity (Wildman–Crippen MR) is 85.5 cm³/mol. The minimum absolute atomic E-state index is 0.229. The maximum Gasteiger partial charge on any atom is 0.168 e. The van der Waals surface area contributed by atoms with Gasteiger partial charge in [-0.25, -0.2) is 0 Å². The highest BCUT2D eigenvalue weighted by molar-refractivity contribution is 6.14. The van der Waals surface area contributed by atoms with Gasteiger partial charge in [0.15, 0.2) is 5.78 Å². The van der Waals surface area contributed by atoms with Crippen LogP contribution in [0.5, 0.6) is 0 Å². The van der Waals surface area contributed by atoms with Gasteiger partial charge in [-0.2, -0.15) is 0 Å². The van der Waals surface area contributed by atoms with E-state index in [1.54, 1.807) is 0 Å². The summed E-state index contributed by atoms with van der Waals surface area (Å²) in [7, 11) is 0. The van der Waals surface area contributed by atoms with E-state index in [4.69, 9.17) is 0 Å². The number of hydrogen-bond donors (Lipinski definition) is 1. The molecule has 4 rings (SSSR count). The average molecular weight is 275 g/mol. The van der Waals surface area contributed by atoms with Crippen molar-refractivity contribution in [2.45, 2.75) is 19.8 Å². The van der Waals surface area contributed by atoms with E-state index in [2.05, 4.69) is 42.2 Å². The number of nitrogens with one attached hydrogen (secondary N) is 1. The third kappa shape index (κ3) is 2.07. The largest absolute Gasteiger partial charge is 0.354 e. The normalized spacial score (nSPS) is 14.5. The highest BCUT2D eigenvalue weighted by Crippen LogP contribution is 2.39. The van der Waals surface area contributed by atoms with Gasteiger partial charge in [-0.15, -0.1) is 0 Å². The van der Waals surface area contributed by atoms with E-state index in [0.717, 1.165) is 40.6 Å². The summed E-state index contributed by atoms with van der Waals surface area (Å²) in [5.74, 6) is 0.526. The molecule has 2 heteroatoms. The third-order valence-corrected chi connectivity index (χ3v) is 4.21. The summed E-state index contributed by atoms with van der Waals surface area (Å²) in [4.78, 5) is 16.2. The summed E-state index contributed by atoms with van der Waals surface area (Å²) >= 11 is 0. The summed E-state index contributed by atoms with van der Waals surface area (Å²) in [6.45, 7) is 2.07. The Kier molecular flexibility index (Phi) is 2.71. The Labute approximate surface area is 123 Å². The lowest BCUT2D eigenvalue weighted by Crippen LogP contribution is -2.02. The number of ketones is 1. The molecule has 2 aromatic carbocycles. The van der Waals surface area contributed by atoms with E-state index < -0.39 is 0 Å². The highest BCUT2D eigenvalue weighted by Gasteiger charge is 2.33. The Bertz CT molecular complexity index is 825.